The molecule has 4 nitrogen and oxygen atoms in total. The van der Waals surface area contributed by atoms with Crippen molar-refractivity contribution in [3.05, 3.63) is 65.7 Å². The third kappa shape index (κ3) is 2.34. The summed E-state index contributed by atoms with van der Waals surface area (Å²) in [6, 6.07) is 17.9. The number of aliphatic hydroxyl groups excluding tert-OH is 1. The minimum atomic E-state index is -0.438. The Kier molecular flexibility index (Phi) is 3.83. The zero-order valence-corrected chi connectivity index (χ0v) is 13.9. The fourth-order valence-corrected chi connectivity index (χ4v) is 4.72. The van der Waals surface area contributed by atoms with Gasteiger partial charge in [0.15, 0.2) is 0 Å². The molecule has 2 aromatic rings. The molecule has 2 aliphatic rings. The molecule has 4 rings (SSSR count). The van der Waals surface area contributed by atoms with Gasteiger partial charge in [0, 0.05) is 25.0 Å². The quantitative estimate of drug-likeness (QED) is 0.809. The van der Waals surface area contributed by atoms with Crippen molar-refractivity contribution in [2.45, 2.75) is 11.6 Å². The Morgan fingerprint density at radius 1 is 1.12 bits per heavy atom. The van der Waals surface area contributed by atoms with Crippen LogP contribution in [0.5, 0.6) is 5.75 Å². The van der Waals surface area contributed by atoms with Crippen molar-refractivity contribution in [1.29, 1.82) is 0 Å². The fourth-order valence-electron chi connectivity index (χ4n) is 4.72. The SMILES string of the molecule is CN1C[C@H]2[C@@H](c3cccc(O)c3)N[C@](CO)(c3ccccc3)[C@H]2C1. The van der Waals surface area contributed by atoms with Gasteiger partial charge in [-0.1, -0.05) is 42.5 Å². The molecule has 0 amide bonds. The molecular weight excluding hydrogens is 300 g/mol. The number of fused-ring (bicyclic) bond motifs is 1. The van der Waals surface area contributed by atoms with Crippen LogP contribution in [-0.2, 0) is 5.54 Å². The van der Waals surface area contributed by atoms with E-state index < -0.39 is 5.54 Å². The molecule has 2 fully saturated rings. The molecule has 0 bridgehead atoms. The van der Waals surface area contributed by atoms with E-state index in [1.54, 1.807) is 6.07 Å². The largest absolute Gasteiger partial charge is 0.508 e. The predicted molar refractivity (Wildman–Crippen MR) is 93.7 cm³/mol. The van der Waals surface area contributed by atoms with Crippen LogP contribution in [0.25, 0.3) is 0 Å². The second kappa shape index (κ2) is 5.88. The monoisotopic (exact) mass is 324 g/mol. The molecular formula is C20H24N2O2. The van der Waals surface area contributed by atoms with Crippen LogP contribution in [0.2, 0.25) is 0 Å². The van der Waals surface area contributed by atoms with Gasteiger partial charge in [0.05, 0.1) is 12.1 Å². The lowest BCUT2D eigenvalue weighted by atomic mass is 9.76. The molecule has 0 spiro atoms. The highest BCUT2D eigenvalue weighted by atomic mass is 16.3. The van der Waals surface area contributed by atoms with Gasteiger partial charge in [0.1, 0.15) is 5.75 Å². The molecule has 4 heteroatoms. The van der Waals surface area contributed by atoms with Gasteiger partial charge in [-0.05, 0) is 36.2 Å². The fraction of sp³-hybridized carbons (Fsp3) is 0.400. The molecule has 2 saturated heterocycles. The zero-order valence-electron chi connectivity index (χ0n) is 13.9. The molecule has 0 saturated carbocycles. The van der Waals surface area contributed by atoms with Crippen LogP contribution in [0.4, 0.5) is 0 Å². The van der Waals surface area contributed by atoms with Crippen molar-refractivity contribution in [3.63, 3.8) is 0 Å². The number of nitrogens with zero attached hydrogens (tertiary/aromatic N) is 1. The minimum Gasteiger partial charge on any atom is -0.508 e. The first-order valence-corrected chi connectivity index (χ1v) is 8.55. The smallest absolute Gasteiger partial charge is 0.115 e. The first kappa shape index (κ1) is 15.6. The number of hydrogen-bond donors (Lipinski definition) is 3. The highest BCUT2D eigenvalue weighted by Gasteiger charge is 2.56. The maximum absolute atomic E-state index is 10.4. The van der Waals surface area contributed by atoms with Gasteiger partial charge in [-0.2, -0.15) is 0 Å². The zero-order chi connectivity index (χ0) is 16.7. The first-order chi connectivity index (χ1) is 11.6. The number of hydrogen-bond acceptors (Lipinski definition) is 4. The average Bonchev–Trinajstić information content (AvgIpc) is 3.12. The van der Waals surface area contributed by atoms with E-state index in [0.717, 1.165) is 24.2 Å². The third-order valence-electron chi connectivity index (χ3n) is 5.79. The highest BCUT2D eigenvalue weighted by molar-refractivity contribution is 5.36. The maximum Gasteiger partial charge on any atom is 0.115 e. The van der Waals surface area contributed by atoms with Gasteiger partial charge in [-0.25, -0.2) is 0 Å². The average molecular weight is 324 g/mol. The molecule has 0 aliphatic carbocycles. The summed E-state index contributed by atoms with van der Waals surface area (Å²) in [4.78, 5) is 2.35. The first-order valence-electron chi connectivity index (χ1n) is 8.55. The van der Waals surface area contributed by atoms with Gasteiger partial charge in [-0.3, -0.25) is 5.32 Å². The summed E-state index contributed by atoms with van der Waals surface area (Å²) in [5, 5.41) is 24.0. The van der Waals surface area contributed by atoms with Crippen LogP contribution < -0.4 is 5.32 Å². The van der Waals surface area contributed by atoms with E-state index in [1.165, 1.54) is 0 Å². The molecule has 2 aliphatic heterocycles. The molecule has 4 atom stereocenters. The van der Waals surface area contributed by atoms with Crippen LogP contribution in [0.3, 0.4) is 0 Å². The van der Waals surface area contributed by atoms with E-state index in [4.69, 9.17) is 0 Å². The lowest BCUT2D eigenvalue weighted by Gasteiger charge is -2.35. The topological polar surface area (TPSA) is 55.7 Å². The standard InChI is InChI=1S/C20H24N2O2/c1-22-11-17-18(12-22)20(13-23,15-7-3-2-4-8-15)21-19(17)14-6-5-9-16(24)10-14/h2-10,17-19,21,23-24H,11-13H2,1H3/t17-,18+,19-,20-/m1/s1. The number of benzene rings is 2. The number of phenols is 1. The Labute approximate surface area is 142 Å². The van der Waals surface area contributed by atoms with E-state index in [0.29, 0.717) is 17.6 Å². The molecule has 2 aromatic carbocycles. The molecule has 0 radical (unpaired) electrons. The van der Waals surface area contributed by atoms with Crippen LogP contribution in [0.1, 0.15) is 17.2 Å². The van der Waals surface area contributed by atoms with Crippen LogP contribution in [-0.4, -0.2) is 41.9 Å². The summed E-state index contributed by atoms with van der Waals surface area (Å²) in [5.41, 5.74) is 1.79. The van der Waals surface area contributed by atoms with Crippen LogP contribution >= 0.6 is 0 Å². The van der Waals surface area contributed by atoms with Gasteiger partial charge in [0.2, 0.25) is 0 Å². The maximum atomic E-state index is 10.4. The Hall–Kier alpha value is -1.88. The summed E-state index contributed by atoms with van der Waals surface area (Å²) < 4.78 is 0. The van der Waals surface area contributed by atoms with E-state index >= 15 is 0 Å². The number of aliphatic hydroxyl groups is 1. The van der Waals surface area contributed by atoms with Gasteiger partial charge >= 0.3 is 0 Å². The molecule has 0 aromatic heterocycles. The van der Waals surface area contributed by atoms with Crippen molar-refractivity contribution >= 4 is 0 Å². The normalized spacial score (nSPS) is 32.8. The van der Waals surface area contributed by atoms with Gasteiger partial charge in [0.25, 0.3) is 0 Å². The molecule has 2 heterocycles. The van der Waals surface area contributed by atoms with Crippen molar-refractivity contribution in [1.82, 2.24) is 10.2 Å². The summed E-state index contributed by atoms with van der Waals surface area (Å²) in [6.45, 7) is 2.02. The number of likely N-dealkylation sites (tertiary alicyclic amines) is 1. The van der Waals surface area contributed by atoms with Crippen molar-refractivity contribution in [3.8, 4) is 5.75 Å². The van der Waals surface area contributed by atoms with E-state index in [2.05, 4.69) is 35.5 Å². The van der Waals surface area contributed by atoms with E-state index in [1.807, 2.05) is 30.3 Å². The summed E-state index contributed by atoms with van der Waals surface area (Å²) in [6.07, 6.45) is 0. The highest BCUT2D eigenvalue weighted by Crippen LogP contribution is 2.51. The van der Waals surface area contributed by atoms with Crippen molar-refractivity contribution < 1.29 is 10.2 Å². The van der Waals surface area contributed by atoms with Crippen LogP contribution in [0, 0.1) is 11.8 Å². The van der Waals surface area contributed by atoms with Gasteiger partial charge in [-0.15, -0.1) is 0 Å². The summed E-state index contributed by atoms with van der Waals surface area (Å²) in [5.74, 6) is 1.03. The number of nitrogens with one attached hydrogen (secondary N) is 1. The lowest BCUT2D eigenvalue weighted by Crippen LogP contribution is -2.47. The van der Waals surface area contributed by atoms with E-state index in [-0.39, 0.29) is 12.6 Å². The Morgan fingerprint density at radius 3 is 2.62 bits per heavy atom. The Balaban J connectivity index is 1.79. The molecule has 126 valence electrons. The van der Waals surface area contributed by atoms with Crippen molar-refractivity contribution in [2.75, 3.05) is 26.7 Å². The molecule has 3 N–H and O–H groups in total. The number of aromatic hydroxyl groups is 1. The molecule has 24 heavy (non-hydrogen) atoms. The lowest BCUT2D eigenvalue weighted by molar-refractivity contribution is 0.129. The second-order valence-electron chi connectivity index (χ2n) is 7.20. The Morgan fingerprint density at radius 2 is 1.92 bits per heavy atom. The van der Waals surface area contributed by atoms with Gasteiger partial charge < -0.3 is 15.1 Å². The summed E-state index contributed by atoms with van der Waals surface area (Å²) in [7, 11) is 2.14. The van der Waals surface area contributed by atoms with Crippen molar-refractivity contribution in [2.24, 2.45) is 11.8 Å². The number of rotatable bonds is 3. The number of phenolic OH excluding ortho intramolecular Hbond substituents is 1. The second-order valence-corrected chi connectivity index (χ2v) is 7.20. The third-order valence-corrected chi connectivity index (χ3v) is 5.79. The van der Waals surface area contributed by atoms with E-state index in [9.17, 15) is 10.2 Å². The summed E-state index contributed by atoms with van der Waals surface area (Å²) >= 11 is 0. The predicted octanol–water partition coefficient (Wildman–Crippen LogP) is 2.10. The Bertz CT molecular complexity index is 721. The van der Waals surface area contributed by atoms with Crippen LogP contribution in [0.15, 0.2) is 54.6 Å². The minimum absolute atomic E-state index is 0.0708. The molecule has 0 unspecified atom stereocenters.